The molecule has 0 radical (unpaired) electrons. The van der Waals surface area contributed by atoms with Gasteiger partial charge in [0, 0.05) is 29.7 Å². The summed E-state index contributed by atoms with van der Waals surface area (Å²) >= 11 is 5.12. The highest BCUT2D eigenvalue weighted by molar-refractivity contribution is 7.71. The maximum Gasteiger partial charge on any atom is 0.296 e. The topological polar surface area (TPSA) is 93.8 Å². The fourth-order valence-electron chi connectivity index (χ4n) is 2.62. The summed E-state index contributed by atoms with van der Waals surface area (Å²) in [6.45, 7) is 1.59. The van der Waals surface area contributed by atoms with Crippen LogP contribution in [0, 0.1) is 11.7 Å². The van der Waals surface area contributed by atoms with Gasteiger partial charge in [0.05, 0.1) is 11.9 Å². The molecule has 0 aliphatic rings. The van der Waals surface area contributed by atoms with Crippen LogP contribution >= 0.6 is 12.2 Å². The second kappa shape index (κ2) is 7.49. The van der Waals surface area contributed by atoms with E-state index in [1.165, 1.54) is 0 Å². The Morgan fingerprint density at radius 2 is 2.00 bits per heavy atom. The van der Waals surface area contributed by atoms with Crippen LogP contribution in [-0.2, 0) is 0 Å². The minimum atomic E-state index is -0.377. The van der Waals surface area contributed by atoms with Gasteiger partial charge in [0.15, 0.2) is 0 Å². The second-order valence-corrected chi connectivity index (χ2v) is 6.32. The summed E-state index contributed by atoms with van der Waals surface area (Å²) in [5.41, 5.74) is 3.04. The SMILES string of the molecule is Cc1n[nH]c(=S)n(N=Cc2cn(-c3ccccc3)nc2-c2cccnc2)c1=O. The van der Waals surface area contributed by atoms with Gasteiger partial charge in [-0.2, -0.15) is 20.0 Å². The molecular formula is C19H15N7OS. The first-order valence-corrected chi connectivity index (χ1v) is 8.82. The van der Waals surface area contributed by atoms with Crippen molar-refractivity contribution in [1.29, 1.82) is 0 Å². The number of nitrogens with one attached hydrogen (secondary N) is 1. The molecule has 1 N–H and O–H groups in total. The van der Waals surface area contributed by atoms with Crippen LogP contribution in [0.1, 0.15) is 11.3 Å². The van der Waals surface area contributed by atoms with Crippen molar-refractivity contribution in [3.8, 4) is 16.9 Å². The van der Waals surface area contributed by atoms with E-state index in [1.807, 2.05) is 48.7 Å². The number of H-pyrrole nitrogens is 1. The molecule has 0 fully saturated rings. The molecular weight excluding hydrogens is 374 g/mol. The van der Waals surface area contributed by atoms with Gasteiger partial charge in [-0.15, -0.1) is 0 Å². The lowest BCUT2D eigenvalue weighted by molar-refractivity contribution is 0.720. The minimum Gasteiger partial charge on any atom is -0.265 e. The number of benzene rings is 1. The molecule has 4 aromatic rings. The molecule has 0 saturated heterocycles. The van der Waals surface area contributed by atoms with Crippen LogP contribution in [0.3, 0.4) is 0 Å². The molecule has 1 aromatic carbocycles. The van der Waals surface area contributed by atoms with Gasteiger partial charge < -0.3 is 0 Å². The van der Waals surface area contributed by atoms with Gasteiger partial charge in [-0.1, -0.05) is 18.2 Å². The number of hydrogen-bond donors (Lipinski definition) is 1. The Kier molecular flexibility index (Phi) is 4.73. The Morgan fingerprint density at radius 1 is 1.18 bits per heavy atom. The summed E-state index contributed by atoms with van der Waals surface area (Å²) in [7, 11) is 0. The quantitative estimate of drug-likeness (QED) is 0.428. The van der Waals surface area contributed by atoms with Gasteiger partial charge >= 0.3 is 0 Å². The van der Waals surface area contributed by atoms with E-state index in [-0.39, 0.29) is 16.0 Å². The highest BCUT2D eigenvalue weighted by Gasteiger charge is 2.11. The summed E-state index contributed by atoms with van der Waals surface area (Å²) in [5, 5.41) is 15.4. The van der Waals surface area contributed by atoms with Crippen molar-refractivity contribution in [3.63, 3.8) is 0 Å². The largest absolute Gasteiger partial charge is 0.296 e. The van der Waals surface area contributed by atoms with Crippen molar-refractivity contribution in [1.82, 2.24) is 29.6 Å². The van der Waals surface area contributed by atoms with Crippen LogP contribution in [-0.4, -0.2) is 35.9 Å². The molecule has 138 valence electrons. The number of nitrogens with zero attached hydrogens (tertiary/aromatic N) is 6. The zero-order valence-electron chi connectivity index (χ0n) is 14.9. The standard InChI is InChI=1S/C19H15N7OS/c1-13-18(27)26(19(28)23-22-13)21-11-15-12-25(16-7-3-2-4-8-16)24-17(15)14-6-5-9-20-10-14/h2-12H,1H3,(H,23,28). The summed E-state index contributed by atoms with van der Waals surface area (Å²) in [6.07, 6.45) is 6.82. The Hall–Kier alpha value is -3.72. The number of aryl methyl sites for hydroxylation is 1. The normalized spacial score (nSPS) is 11.2. The third-order valence-corrected chi connectivity index (χ3v) is 4.29. The predicted molar refractivity (Wildman–Crippen MR) is 108 cm³/mol. The Balaban J connectivity index is 1.84. The Bertz CT molecular complexity index is 1260. The van der Waals surface area contributed by atoms with Gasteiger partial charge in [0.1, 0.15) is 11.4 Å². The van der Waals surface area contributed by atoms with Crippen LogP contribution in [0.25, 0.3) is 16.9 Å². The predicted octanol–water partition coefficient (Wildman–Crippen LogP) is 2.74. The zero-order valence-corrected chi connectivity index (χ0v) is 15.7. The molecule has 0 aliphatic heterocycles. The highest BCUT2D eigenvalue weighted by atomic mass is 32.1. The Labute approximate surface area is 164 Å². The average molecular weight is 389 g/mol. The molecule has 0 amide bonds. The van der Waals surface area contributed by atoms with Crippen LogP contribution in [0.15, 0.2) is 71.0 Å². The van der Waals surface area contributed by atoms with Crippen LogP contribution in [0.2, 0.25) is 0 Å². The average Bonchev–Trinajstić information content (AvgIpc) is 3.16. The molecule has 0 bridgehead atoms. The van der Waals surface area contributed by atoms with E-state index in [9.17, 15) is 4.79 Å². The summed E-state index contributed by atoms with van der Waals surface area (Å²) in [6, 6.07) is 13.5. The van der Waals surface area contributed by atoms with Gasteiger partial charge in [0.25, 0.3) is 5.56 Å². The molecule has 3 aromatic heterocycles. The number of para-hydroxylation sites is 1. The lowest BCUT2D eigenvalue weighted by Gasteiger charge is -2.00. The van der Waals surface area contributed by atoms with E-state index in [1.54, 1.807) is 30.2 Å². The first kappa shape index (κ1) is 17.7. The Morgan fingerprint density at radius 3 is 2.75 bits per heavy atom. The maximum absolute atomic E-state index is 12.3. The van der Waals surface area contributed by atoms with Crippen molar-refractivity contribution >= 4 is 18.4 Å². The van der Waals surface area contributed by atoms with E-state index in [2.05, 4.69) is 25.4 Å². The fraction of sp³-hybridized carbons (Fsp3) is 0.0526. The molecule has 0 saturated carbocycles. The van der Waals surface area contributed by atoms with Gasteiger partial charge in [-0.3, -0.25) is 14.9 Å². The molecule has 9 heteroatoms. The lowest BCUT2D eigenvalue weighted by Crippen LogP contribution is -2.22. The van der Waals surface area contributed by atoms with E-state index in [4.69, 9.17) is 12.2 Å². The molecule has 28 heavy (non-hydrogen) atoms. The lowest BCUT2D eigenvalue weighted by atomic mass is 10.1. The summed E-state index contributed by atoms with van der Waals surface area (Å²) in [4.78, 5) is 16.4. The van der Waals surface area contributed by atoms with Gasteiger partial charge in [-0.25, -0.2) is 4.68 Å². The number of aromatic nitrogens is 6. The molecule has 4 rings (SSSR count). The third-order valence-electron chi connectivity index (χ3n) is 4.02. The van der Waals surface area contributed by atoms with Gasteiger partial charge in [0.2, 0.25) is 4.77 Å². The monoisotopic (exact) mass is 389 g/mol. The number of aromatic amines is 1. The number of pyridine rings is 1. The number of hydrogen-bond acceptors (Lipinski definition) is 6. The number of rotatable bonds is 4. The maximum atomic E-state index is 12.3. The van der Waals surface area contributed by atoms with Crippen molar-refractivity contribution in [2.45, 2.75) is 6.92 Å². The van der Waals surface area contributed by atoms with Crippen LogP contribution < -0.4 is 5.56 Å². The van der Waals surface area contributed by atoms with E-state index in [0.29, 0.717) is 11.3 Å². The molecule has 0 spiro atoms. The second-order valence-electron chi connectivity index (χ2n) is 5.93. The van der Waals surface area contributed by atoms with E-state index < -0.39 is 0 Å². The van der Waals surface area contributed by atoms with E-state index in [0.717, 1.165) is 15.9 Å². The van der Waals surface area contributed by atoms with Crippen molar-refractivity contribution in [3.05, 3.63) is 87.4 Å². The van der Waals surface area contributed by atoms with Crippen LogP contribution in [0.5, 0.6) is 0 Å². The first-order chi connectivity index (χ1) is 13.6. The summed E-state index contributed by atoms with van der Waals surface area (Å²) < 4.78 is 2.97. The smallest absolute Gasteiger partial charge is 0.265 e. The van der Waals surface area contributed by atoms with Crippen molar-refractivity contribution in [2.75, 3.05) is 0 Å². The fourth-order valence-corrected chi connectivity index (χ4v) is 2.79. The molecule has 0 atom stereocenters. The van der Waals surface area contributed by atoms with Crippen LogP contribution in [0.4, 0.5) is 0 Å². The minimum absolute atomic E-state index is 0.116. The van der Waals surface area contributed by atoms with Crippen molar-refractivity contribution < 1.29 is 0 Å². The highest BCUT2D eigenvalue weighted by Crippen LogP contribution is 2.21. The molecule has 0 unspecified atom stereocenters. The summed E-state index contributed by atoms with van der Waals surface area (Å²) in [5.74, 6) is 0. The molecule has 8 nitrogen and oxygen atoms in total. The zero-order chi connectivity index (χ0) is 19.5. The third kappa shape index (κ3) is 3.42. The molecule has 0 aliphatic carbocycles. The molecule has 3 heterocycles. The van der Waals surface area contributed by atoms with Crippen molar-refractivity contribution in [2.24, 2.45) is 5.10 Å². The van der Waals surface area contributed by atoms with E-state index >= 15 is 0 Å². The first-order valence-electron chi connectivity index (χ1n) is 8.41. The van der Waals surface area contributed by atoms with Gasteiger partial charge in [-0.05, 0) is 43.4 Å².